The zero-order valence-corrected chi connectivity index (χ0v) is 19.3. The van der Waals surface area contributed by atoms with Gasteiger partial charge >= 0.3 is 0 Å². The fraction of sp³-hybridized carbons (Fsp3) is 0.280. The molecule has 0 fully saturated rings. The Morgan fingerprint density at radius 1 is 0.970 bits per heavy atom. The summed E-state index contributed by atoms with van der Waals surface area (Å²) in [6.45, 7) is 6.60. The maximum Gasteiger partial charge on any atom is 0.255 e. The molecule has 0 radical (unpaired) electrons. The van der Waals surface area contributed by atoms with E-state index in [2.05, 4.69) is 33.3 Å². The zero-order chi connectivity index (χ0) is 23.5. The molecule has 2 N–H and O–H groups in total. The lowest BCUT2D eigenvalue weighted by atomic mass is 10.2. The molecule has 0 aliphatic heterocycles. The van der Waals surface area contributed by atoms with Crippen molar-refractivity contribution in [2.75, 3.05) is 10.6 Å². The minimum atomic E-state index is -0.219. The van der Waals surface area contributed by atoms with Gasteiger partial charge in [0.25, 0.3) is 5.91 Å². The van der Waals surface area contributed by atoms with Crippen molar-refractivity contribution >= 4 is 34.2 Å². The van der Waals surface area contributed by atoms with E-state index in [-0.39, 0.29) is 11.8 Å². The molecular formula is C25H28N6O2. The third kappa shape index (κ3) is 4.95. The molecule has 8 nitrogen and oxygen atoms in total. The van der Waals surface area contributed by atoms with Crippen LogP contribution in [0.5, 0.6) is 0 Å². The Hall–Kier alpha value is -3.94. The maximum absolute atomic E-state index is 12.7. The van der Waals surface area contributed by atoms with Gasteiger partial charge in [-0.1, -0.05) is 6.92 Å². The van der Waals surface area contributed by atoms with Crippen molar-refractivity contribution in [1.82, 2.24) is 19.3 Å². The quantitative estimate of drug-likeness (QED) is 0.446. The van der Waals surface area contributed by atoms with Crippen molar-refractivity contribution in [1.29, 1.82) is 0 Å². The van der Waals surface area contributed by atoms with Gasteiger partial charge in [-0.3, -0.25) is 14.3 Å². The molecule has 0 saturated carbocycles. The number of nitrogens with one attached hydrogen (secondary N) is 2. The minimum absolute atomic E-state index is 0.0647. The van der Waals surface area contributed by atoms with Gasteiger partial charge in [-0.15, -0.1) is 0 Å². The summed E-state index contributed by atoms with van der Waals surface area (Å²) in [5.41, 5.74) is 5.84. The normalized spacial score (nSPS) is 11.0. The van der Waals surface area contributed by atoms with Crippen LogP contribution in [0, 0.1) is 13.8 Å². The number of aryl methyl sites for hydroxylation is 5. The van der Waals surface area contributed by atoms with Gasteiger partial charge < -0.3 is 15.2 Å². The Balaban J connectivity index is 1.46. The Morgan fingerprint density at radius 3 is 2.36 bits per heavy atom. The molecule has 0 aliphatic carbocycles. The van der Waals surface area contributed by atoms with Crippen molar-refractivity contribution in [2.45, 2.75) is 40.2 Å². The lowest BCUT2D eigenvalue weighted by Crippen LogP contribution is -2.13. The average molecular weight is 445 g/mol. The summed E-state index contributed by atoms with van der Waals surface area (Å²) in [6.07, 6.45) is 1.16. The number of carbonyl (C=O) groups is 2. The molecule has 0 aliphatic rings. The molecule has 4 rings (SSSR count). The van der Waals surface area contributed by atoms with E-state index in [9.17, 15) is 9.59 Å². The number of imidazole rings is 1. The summed E-state index contributed by atoms with van der Waals surface area (Å²) in [4.78, 5) is 29.0. The molecule has 0 bridgehead atoms. The van der Waals surface area contributed by atoms with Crippen LogP contribution in [0.25, 0.3) is 11.0 Å². The smallest absolute Gasteiger partial charge is 0.255 e. The van der Waals surface area contributed by atoms with Crippen LogP contribution in [0.3, 0.4) is 0 Å². The van der Waals surface area contributed by atoms with Crippen LogP contribution >= 0.6 is 0 Å². The standard InChI is InChI=1S/C25H28N6O2/c1-5-24(32)26-19-8-6-18(7-9-19)25(33)27-20-10-11-22-21(15-20)28-23(30(22)4)12-13-31-17(3)14-16(2)29-31/h6-11,14-15H,5,12-13H2,1-4H3,(H,26,32)(H,27,33). The average Bonchev–Trinajstić information content (AvgIpc) is 3.29. The number of benzene rings is 2. The summed E-state index contributed by atoms with van der Waals surface area (Å²) < 4.78 is 4.08. The molecule has 4 aromatic rings. The number of aromatic nitrogens is 4. The van der Waals surface area contributed by atoms with Crippen molar-refractivity contribution in [3.63, 3.8) is 0 Å². The van der Waals surface area contributed by atoms with Crippen LogP contribution in [0.1, 0.15) is 40.9 Å². The Labute approximate surface area is 192 Å². The first-order valence-corrected chi connectivity index (χ1v) is 11.0. The van der Waals surface area contributed by atoms with Crippen LogP contribution in [-0.4, -0.2) is 31.1 Å². The fourth-order valence-electron chi connectivity index (χ4n) is 3.82. The van der Waals surface area contributed by atoms with Crippen molar-refractivity contribution in [3.05, 3.63) is 71.3 Å². The predicted octanol–water partition coefficient (Wildman–Crippen LogP) is 4.23. The second-order valence-electron chi connectivity index (χ2n) is 8.12. The van der Waals surface area contributed by atoms with E-state index in [4.69, 9.17) is 4.98 Å². The maximum atomic E-state index is 12.7. The first-order chi connectivity index (χ1) is 15.8. The molecule has 170 valence electrons. The van der Waals surface area contributed by atoms with E-state index >= 15 is 0 Å². The number of hydrogen-bond donors (Lipinski definition) is 2. The van der Waals surface area contributed by atoms with Crippen LogP contribution in [0.4, 0.5) is 11.4 Å². The first kappa shape index (κ1) is 22.3. The topological polar surface area (TPSA) is 93.8 Å². The third-order valence-electron chi connectivity index (χ3n) is 5.63. The van der Waals surface area contributed by atoms with Gasteiger partial charge in [-0.25, -0.2) is 4.98 Å². The summed E-state index contributed by atoms with van der Waals surface area (Å²) in [6, 6.07) is 14.6. The molecule has 33 heavy (non-hydrogen) atoms. The van der Waals surface area contributed by atoms with Gasteiger partial charge in [0, 0.05) is 49.1 Å². The molecule has 2 aromatic carbocycles. The monoisotopic (exact) mass is 444 g/mol. The Bertz CT molecular complexity index is 1320. The Morgan fingerprint density at radius 2 is 1.70 bits per heavy atom. The highest BCUT2D eigenvalue weighted by molar-refractivity contribution is 6.05. The van der Waals surface area contributed by atoms with E-state index in [1.165, 1.54) is 0 Å². The summed E-state index contributed by atoms with van der Waals surface area (Å²) in [7, 11) is 2.00. The highest BCUT2D eigenvalue weighted by atomic mass is 16.2. The van der Waals surface area contributed by atoms with E-state index < -0.39 is 0 Å². The van der Waals surface area contributed by atoms with Gasteiger partial charge in [0.15, 0.2) is 0 Å². The van der Waals surface area contributed by atoms with E-state index in [1.807, 2.05) is 36.9 Å². The number of hydrogen-bond acceptors (Lipinski definition) is 4. The summed E-state index contributed by atoms with van der Waals surface area (Å²) in [5, 5.41) is 10.2. The molecule has 2 amide bonds. The molecule has 2 heterocycles. The third-order valence-corrected chi connectivity index (χ3v) is 5.63. The molecule has 2 aromatic heterocycles. The first-order valence-electron chi connectivity index (χ1n) is 11.0. The number of fused-ring (bicyclic) bond motifs is 1. The number of rotatable bonds is 7. The number of nitrogens with zero attached hydrogens (tertiary/aromatic N) is 4. The van der Waals surface area contributed by atoms with Crippen molar-refractivity contribution < 1.29 is 9.59 Å². The number of anilines is 2. The van der Waals surface area contributed by atoms with E-state index in [0.717, 1.165) is 41.2 Å². The molecule has 0 unspecified atom stereocenters. The van der Waals surface area contributed by atoms with Crippen LogP contribution < -0.4 is 10.6 Å². The van der Waals surface area contributed by atoms with E-state index in [1.54, 1.807) is 31.2 Å². The fourth-order valence-corrected chi connectivity index (χ4v) is 3.82. The van der Waals surface area contributed by atoms with E-state index in [0.29, 0.717) is 23.4 Å². The lowest BCUT2D eigenvalue weighted by Gasteiger charge is -2.07. The van der Waals surface area contributed by atoms with Gasteiger partial charge in [-0.2, -0.15) is 5.10 Å². The lowest BCUT2D eigenvalue weighted by molar-refractivity contribution is -0.115. The highest BCUT2D eigenvalue weighted by Crippen LogP contribution is 2.21. The van der Waals surface area contributed by atoms with Crippen LogP contribution in [-0.2, 0) is 24.8 Å². The van der Waals surface area contributed by atoms with Gasteiger partial charge in [0.05, 0.1) is 16.7 Å². The highest BCUT2D eigenvalue weighted by Gasteiger charge is 2.12. The number of amides is 2. The van der Waals surface area contributed by atoms with Crippen molar-refractivity contribution in [2.24, 2.45) is 7.05 Å². The minimum Gasteiger partial charge on any atom is -0.331 e. The molecule has 0 spiro atoms. The van der Waals surface area contributed by atoms with Crippen LogP contribution in [0.2, 0.25) is 0 Å². The second-order valence-corrected chi connectivity index (χ2v) is 8.12. The second kappa shape index (κ2) is 9.28. The van der Waals surface area contributed by atoms with Crippen molar-refractivity contribution in [3.8, 4) is 0 Å². The largest absolute Gasteiger partial charge is 0.331 e. The van der Waals surface area contributed by atoms with Gasteiger partial charge in [0.1, 0.15) is 5.82 Å². The Kier molecular flexibility index (Phi) is 6.26. The van der Waals surface area contributed by atoms with Gasteiger partial charge in [-0.05, 0) is 62.4 Å². The summed E-state index contributed by atoms with van der Waals surface area (Å²) >= 11 is 0. The molecule has 8 heteroatoms. The summed E-state index contributed by atoms with van der Waals surface area (Å²) in [5.74, 6) is 0.680. The van der Waals surface area contributed by atoms with Crippen LogP contribution in [0.15, 0.2) is 48.5 Å². The molecule has 0 atom stereocenters. The zero-order valence-electron chi connectivity index (χ0n) is 19.3. The predicted molar refractivity (Wildman–Crippen MR) is 129 cm³/mol. The molecular weight excluding hydrogens is 416 g/mol. The SMILES string of the molecule is CCC(=O)Nc1ccc(C(=O)Nc2ccc3c(c2)nc(CCn2nc(C)cc2C)n3C)cc1. The van der Waals surface area contributed by atoms with Gasteiger partial charge in [0.2, 0.25) is 5.91 Å². The number of carbonyl (C=O) groups excluding carboxylic acids is 2. The molecule has 0 saturated heterocycles.